The number of piperidine rings is 1. The second-order valence-corrected chi connectivity index (χ2v) is 9.58. The summed E-state index contributed by atoms with van der Waals surface area (Å²) < 4.78 is 63.8. The Morgan fingerprint density at radius 2 is 2.00 bits per heavy atom. The lowest BCUT2D eigenvalue weighted by Gasteiger charge is -2.31. The van der Waals surface area contributed by atoms with Crippen molar-refractivity contribution in [2.75, 3.05) is 19.3 Å². The summed E-state index contributed by atoms with van der Waals surface area (Å²) in [6.07, 6.45) is -2.20. The number of thiazole rings is 1. The molecule has 0 spiro atoms. The Bertz CT molecular complexity index is 981. The normalized spacial score (nSPS) is 16.2. The number of halogens is 3. The van der Waals surface area contributed by atoms with Crippen LogP contribution in [0.15, 0.2) is 29.6 Å². The van der Waals surface area contributed by atoms with E-state index in [1.807, 2.05) is 0 Å². The van der Waals surface area contributed by atoms with E-state index in [-0.39, 0.29) is 18.4 Å². The van der Waals surface area contributed by atoms with E-state index in [0.717, 1.165) is 18.4 Å². The van der Waals surface area contributed by atoms with Crippen LogP contribution in [0.2, 0.25) is 0 Å². The lowest BCUT2D eigenvalue weighted by Crippen LogP contribution is -2.46. The number of likely N-dealkylation sites (tertiary alicyclic amines) is 1. The number of aromatic nitrogens is 1. The highest BCUT2D eigenvalue weighted by molar-refractivity contribution is 7.88. The van der Waals surface area contributed by atoms with Crippen LogP contribution >= 0.6 is 11.3 Å². The molecule has 0 radical (unpaired) electrons. The van der Waals surface area contributed by atoms with E-state index >= 15 is 0 Å². The molecule has 29 heavy (non-hydrogen) atoms. The number of nitrogens with zero attached hydrogens (tertiary/aromatic N) is 2. The summed E-state index contributed by atoms with van der Waals surface area (Å²) in [7, 11) is -3.28. The first-order valence-corrected chi connectivity index (χ1v) is 11.7. The molecular weight excluding hydrogens is 427 g/mol. The van der Waals surface area contributed by atoms with E-state index in [2.05, 4.69) is 9.71 Å². The maximum atomic E-state index is 12.9. The van der Waals surface area contributed by atoms with Crippen LogP contribution in [-0.2, 0) is 27.4 Å². The number of hydrogen-bond donors (Lipinski definition) is 1. The van der Waals surface area contributed by atoms with Crippen LogP contribution in [0.25, 0.3) is 10.6 Å². The van der Waals surface area contributed by atoms with Crippen molar-refractivity contribution in [1.29, 1.82) is 0 Å². The average Bonchev–Trinajstić information content (AvgIpc) is 3.09. The maximum Gasteiger partial charge on any atom is 0.416 e. The first-order valence-electron chi connectivity index (χ1n) is 8.88. The molecule has 1 saturated heterocycles. The van der Waals surface area contributed by atoms with E-state index in [1.165, 1.54) is 17.4 Å². The van der Waals surface area contributed by atoms with Gasteiger partial charge in [0.1, 0.15) is 5.01 Å². The first kappa shape index (κ1) is 21.7. The molecule has 0 aliphatic carbocycles. The summed E-state index contributed by atoms with van der Waals surface area (Å²) in [5.74, 6) is -0.135. The summed E-state index contributed by atoms with van der Waals surface area (Å²) in [6, 6.07) is 4.76. The Labute approximate surface area is 170 Å². The highest BCUT2D eigenvalue weighted by Crippen LogP contribution is 2.33. The number of carbonyl (C=O) groups excluding carboxylic acids is 1. The summed E-state index contributed by atoms with van der Waals surface area (Å²) in [4.78, 5) is 18.5. The Kier molecular flexibility index (Phi) is 6.30. The monoisotopic (exact) mass is 447 g/mol. The van der Waals surface area contributed by atoms with Gasteiger partial charge in [-0.05, 0) is 25.0 Å². The molecule has 0 saturated carbocycles. The fourth-order valence-corrected chi connectivity index (χ4v) is 4.82. The standard InChI is InChI=1S/C18H20F3N3O3S2/c1-29(26,27)23-14-5-7-24(8-6-14)16(25)10-15-11-28-17(22-15)12-3-2-4-13(9-12)18(19,20)21/h2-4,9,11,14,23H,5-8,10H2,1H3. The van der Waals surface area contributed by atoms with Crippen LogP contribution in [0.3, 0.4) is 0 Å². The largest absolute Gasteiger partial charge is 0.416 e. The summed E-state index contributed by atoms with van der Waals surface area (Å²) >= 11 is 1.19. The van der Waals surface area contributed by atoms with Crippen molar-refractivity contribution in [3.8, 4) is 10.6 Å². The van der Waals surface area contributed by atoms with Gasteiger partial charge in [-0.1, -0.05) is 12.1 Å². The molecule has 0 atom stereocenters. The Hall–Kier alpha value is -1.98. The van der Waals surface area contributed by atoms with Crippen LogP contribution in [-0.4, -0.2) is 49.6 Å². The quantitative estimate of drug-likeness (QED) is 0.765. The second-order valence-electron chi connectivity index (χ2n) is 6.94. The zero-order valence-electron chi connectivity index (χ0n) is 15.6. The number of hydrogen-bond acceptors (Lipinski definition) is 5. The molecule has 6 nitrogen and oxygen atoms in total. The molecule has 1 N–H and O–H groups in total. The van der Waals surface area contributed by atoms with Gasteiger partial charge in [-0.3, -0.25) is 4.79 Å². The summed E-state index contributed by atoms with van der Waals surface area (Å²) in [5.41, 5.74) is 0.119. The van der Waals surface area contributed by atoms with E-state index in [0.29, 0.717) is 42.2 Å². The smallest absolute Gasteiger partial charge is 0.342 e. The highest BCUT2D eigenvalue weighted by Gasteiger charge is 2.30. The van der Waals surface area contributed by atoms with E-state index in [9.17, 15) is 26.4 Å². The summed E-state index contributed by atoms with van der Waals surface area (Å²) in [5, 5.41) is 2.10. The van der Waals surface area contributed by atoms with Crippen molar-refractivity contribution in [2.45, 2.75) is 31.5 Å². The van der Waals surface area contributed by atoms with Gasteiger partial charge >= 0.3 is 6.18 Å². The van der Waals surface area contributed by atoms with Gasteiger partial charge < -0.3 is 4.90 Å². The first-order chi connectivity index (χ1) is 13.5. The minimum atomic E-state index is -4.43. The third-order valence-corrected chi connectivity index (χ3v) is 6.25. The number of benzene rings is 1. The molecule has 0 unspecified atom stereocenters. The lowest BCUT2D eigenvalue weighted by atomic mass is 10.1. The van der Waals surface area contributed by atoms with Gasteiger partial charge in [0.25, 0.3) is 0 Å². The van der Waals surface area contributed by atoms with E-state index < -0.39 is 21.8 Å². The van der Waals surface area contributed by atoms with Crippen molar-refractivity contribution in [2.24, 2.45) is 0 Å². The summed E-state index contributed by atoms with van der Waals surface area (Å²) in [6.45, 7) is 0.882. The lowest BCUT2D eigenvalue weighted by molar-refractivity contribution is -0.137. The topological polar surface area (TPSA) is 79.4 Å². The van der Waals surface area contributed by atoms with E-state index in [4.69, 9.17) is 0 Å². The minimum Gasteiger partial charge on any atom is -0.342 e. The predicted octanol–water partition coefficient (Wildman–Crippen LogP) is 2.91. The molecule has 0 bridgehead atoms. The molecule has 2 heterocycles. The molecule has 1 fully saturated rings. The van der Waals surface area contributed by atoms with Gasteiger partial charge in [0.2, 0.25) is 15.9 Å². The van der Waals surface area contributed by atoms with Gasteiger partial charge in [0, 0.05) is 30.1 Å². The molecule has 11 heteroatoms. The van der Waals surface area contributed by atoms with Crippen LogP contribution < -0.4 is 4.72 Å². The third-order valence-electron chi connectivity index (χ3n) is 4.55. The molecule has 2 aromatic rings. The molecule has 3 rings (SSSR count). The Morgan fingerprint density at radius 3 is 2.62 bits per heavy atom. The molecule has 1 aromatic carbocycles. The van der Waals surface area contributed by atoms with Gasteiger partial charge in [0.05, 0.1) is 23.9 Å². The third kappa shape index (κ3) is 6.00. The van der Waals surface area contributed by atoms with Crippen molar-refractivity contribution < 1.29 is 26.4 Å². The van der Waals surface area contributed by atoms with Crippen LogP contribution in [0, 0.1) is 0 Å². The van der Waals surface area contributed by atoms with Crippen LogP contribution in [0.4, 0.5) is 13.2 Å². The molecule has 1 aliphatic heterocycles. The average molecular weight is 448 g/mol. The molecule has 158 valence electrons. The van der Waals surface area contributed by atoms with Gasteiger partial charge in [0.15, 0.2) is 0 Å². The minimum absolute atomic E-state index is 0.0552. The number of rotatable bonds is 5. The van der Waals surface area contributed by atoms with E-state index in [1.54, 1.807) is 16.3 Å². The van der Waals surface area contributed by atoms with Crippen LogP contribution in [0.5, 0.6) is 0 Å². The Balaban J connectivity index is 1.60. The van der Waals surface area contributed by atoms with Crippen molar-refractivity contribution in [3.63, 3.8) is 0 Å². The highest BCUT2D eigenvalue weighted by atomic mass is 32.2. The predicted molar refractivity (Wildman–Crippen MR) is 104 cm³/mol. The van der Waals surface area contributed by atoms with Crippen molar-refractivity contribution in [1.82, 2.24) is 14.6 Å². The zero-order valence-corrected chi connectivity index (χ0v) is 17.2. The molecule has 1 aliphatic rings. The number of nitrogens with one attached hydrogen (secondary N) is 1. The van der Waals surface area contributed by atoms with Gasteiger partial charge in [-0.2, -0.15) is 13.2 Å². The number of amides is 1. The van der Waals surface area contributed by atoms with Crippen molar-refractivity contribution in [3.05, 3.63) is 40.9 Å². The second kappa shape index (κ2) is 8.41. The molecule has 1 amide bonds. The van der Waals surface area contributed by atoms with Crippen molar-refractivity contribution >= 4 is 27.3 Å². The van der Waals surface area contributed by atoms with Crippen LogP contribution in [0.1, 0.15) is 24.1 Å². The fourth-order valence-electron chi connectivity index (χ4n) is 3.17. The molecule has 1 aromatic heterocycles. The van der Waals surface area contributed by atoms with Gasteiger partial charge in [-0.25, -0.2) is 18.1 Å². The SMILES string of the molecule is CS(=O)(=O)NC1CCN(C(=O)Cc2csc(-c3cccc(C(F)(F)F)c3)n2)CC1. The Morgan fingerprint density at radius 1 is 1.31 bits per heavy atom. The van der Waals surface area contributed by atoms with Gasteiger partial charge in [-0.15, -0.1) is 11.3 Å². The maximum absolute atomic E-state index is 12.9. The zero-order chi connectivity index (χ0) is 21.2. The molecular formula is C18H20F3N3O3S2. The number of carbonyl (C=O) groups is 1. The fraction of sp³-hybridized carbons (Fsp3) is 0.444. The number of alkyl halides is 3. The number of sulfonamides is 1.